The molecule has 0 aromatic heterocycles. The van der Waals surface area contributed by atoms with Crippen LogP contribution in [0.1, 0.15) is 88.0 Å². The number of carbonyl (C=O) groups is 1. The summed E-state index contributed by atoms with van der Waals surface area (Å²) in [5.41, 5.74) is 8.97. The van der Waals surface area contributed by atoms with Gasteiger partial charge in [-0.1, -0.05) is 24.3 Å². The largest absolute Gasteiger partial charge is 0.460 e. The number of fused-ring (bicyclic) bond motifs is 4. The van der Waals surface area contributed by atoms with E-state index in [1.54, 1.807) is 7.11 Å². The molecule has 6 heteroatoms. The Labute approximate surface area is 266 Å². The van der Waals surface area contributed by atoms with E-state index in [1.165, 1.54) is 22.3 Å². The van der Waals surface area contributed by atoms with Crippen LogP contribution >= 0.6 is 0 Å². The second-order valence-corrected chi connectivity index (χ2v) is 13.3. The smallest absolute Gasteiger partial charge is 0.338 e. The van der Waals surface area contributed by atoms with Gasteiger partial charge in [0.1, 0.15) is 24.7 Å². The van der Waals surface area contributed by atoms with E-state index in [0.717, 1.165) is 57.6 Å². The molecular weight excluding hydrogens is 560 g/mol. The van der Waals surface area contributed by atoms with Gasteiger partial charge in [-0.15, -0.1) is 0 Å². The predicted molar refractivity (Wildman–Crippen MR) is 183 cm³/mol. The van der Waals surface area contributed by atoms with E-state index in [-0.39, 0.29) is 23.7 Å². The van der Waals surface area contributed by atoms with Crippen molar-refractivity contribution in [1.29, 1.82) is 0 Å². The van der Waals surface area contributed by atoms with Gasteiger partial charge in [0.15, 0.2) is 5.54 Å². The van der Waals surface area contributed by atoms with Gasteiger partial charge in [-0.3, -0.25) is 0 Å². The predicted octanol–water partition coefficient (Wildman–Crippen LogP) is 6.57. The molecule has 0 N–H and O–H groups in total. The molecular formula is C39H45N2O4+. The van der Waals surface area contributed by atoms with Gasteiger partial charge in [0, 0.05) is 66.7 Å². The van der Waals surface area contributed by atoms with Crippen LogP contribution in [0.4, 0.5) is 5.69 Å². The van der Waals surface area contributed by atoms with Crippen molar-refractivity contribution < 1.29 is 19.0 Å². The Hall–Kier alpha value is -4.16. The molecule has 0 aliphatic carbocycles. The Bertz CT molecular complexity index is 1910. The zero-order valence-electron chi connectivity index (χ0n) is 28.1. The third-order valence-corrected chi connectivity index (χ3v) is 9.49. The lowest BCUT2D eigenvalue weighted by Gasteiger charge is -2.43. The van der Waals surface area contributed by atoms with Crippen molar-refractivity contribution in [3.05, 3.63) is 99.1 Å². The number of rotatable bonds is 7. The molecule has 3 aromatic carbocycles. The van der Waals surface area contributed by atoms with E-state index in [0.29, 0.717) is 12.2 Å². The average molecular weight is 606 g/mol. The van der Waals surface area contributed by atoms with E-state index in [1.807, 2.05) is 24.3 Å². The molecule has 0 spiro atoms. The second kappa shape index (κ2) is 11.3. The quantitative estimate of drug-likeness (QED) is 0.136. The maximum atomic E-state index is 13.5. The van der Waals surface area contributed by atoms with Crippen LogP contribution in [0, 0.1) is 0 Å². The SMILES string of the molecule is CCN1c2cc3c(cc2C(C)=CC1(C)C)C(c1ccccc1C(=O)OCCOC)=c1cc2c(cc1O3)=[N+](CC)C(C)(C)C=C2C. The summed E-state index contributed by atoms with van der Waals surface area (Å²) in [5, 5.41) is 2.12. The first-order valence-electron chi connectivity index (χ1n) is 16.0. The minimum absolute atomic E-state index is 0.131. The van der Waals surface area contributed by atoms with Crippen LogP contribution in [0.2, 0.25) is 0 Å². The summed E-state index contributed by atoms with van der Waals surface area (Å²) in [7, 11) is 1.60. The molecule has 0 radical (unpaired) electrons. The van der Waals surface area contributed by atoms with Crippen LogP contribution < -0.4 is 24.8 Å². The highest BCUT2D eigenvalue weighted by atomic mass is 16.6. The van der Waals surface area contributed by atoms with Crippen LogP contribution in [0.15, 0.2) is 60.7 Å². The number of allylic oxidation sites excluding steroid dienone is 2. The Morgan fingerprint density at radius 3 is 2.31 bits per heavy atom. The number of nitrogens with zero attached hydrogens (tertiary/aromatic N) is 2. The number of esters is 1. The summed E-state index contributed by atoms with van der Waals surface area (Å²) in [4.78, 5) is 16.0. The van der Waals surface area contributed by atoms with Gasteiger partial charge in [-0.05, 0) is 82.5 Å². The highest BCUT2D eigenvalue weighted by Crippen LogP contribution is 2.46. The van der Waals surface area contributed by atoms with Crippen molar-refractivity contribution in [1.82, 2.24) is 4.58 Å². The molecule has 3 aromatic rings. The van der Waals surface area contributed by atoms with E-state index >= 15 is 0 Å². The minimum atomic E-state index is -0.370. The Morgan fingerprint density at radius 2 is 1.60 bits per heavy atom. The molecule has 0 amide bonds. The van der Waals surface area contributed by atoms with E-state index in [4.69, 9.17) is 14.2 Å². The molecule has 3 aliphatic heterocycles. The third-order valence-electron chi connectivity index (χ3n) is 9.49. The Balaban J connectivity index is 1.71. The van der Waals surface area contributed by atoms with Crippen molar-refractivity contribution in [3.63, 3.8) is 0 Å². The molecule has 0 fully saturated rings. The highest BCUT2D eigenvalue weighted by molar-refractivity contribution is 6.00. The van der Waals surface area contributed by atoms with Gasteiger partial charge >= 0.3 is 5.97 Å². The molecule has 0 bridgehead atoms. The summed E-state index contributed by atoms with van der Waals surface area (Å²) in [6, 6.07) is 16.6. The van der Waals surface area contributed by atoms with Crippen molar-refractivity contribution in [3.8, 4) is 11.5 Å². The maximum Gasteiger partial charge on any atom is 0.338 e. The molecule has 0 unspecified atom stereocenters. The standard InChI is InChI=1S/C39H45N2O4/c1-10-40-32-20-34-30(18-28(32)24(3)22-38(40,5)6)36(26-14-12-13-15-27(26)37(42)44-17-16-43-9)31-19-29-25(4)23-39(7,8)41(11-2)33(29)21-35(31)45-34/h12-15,18-23H,10-11,16-17H2,1-9H3/q+1. The fourth-order valence-electron chi connectivity index (χ4n) is 7.65. The lowest BCUT2D eigenvalue weighted by molar-refractivity contribution is 0.0387. The number of benzene rings is 3. The van der Waals surface area contributed by atoms with Crippen LogP contribution in [0.25, 0.3) is 16.7 Å². The second-order valence-electron chi connectivity index (χ2n) is 13.3. The molecule has 0 saturated carbocycles. The summed E-state index contributed by atoms with van der Waals surface area (Å²) in [5.74, 6) is 1.20. The molecule has 6 rings (SSSR count). The summed E-state index contributed by atoms with van der Waals surface area (Å²) >= 11 is 0. The summed E-state index contributed by atoms with van der Waals surface area (Å²) in [6.45, 7) is 20.0. The van der Waals surface area contributed by atoms with Gasteiger partial charge in [-0.25, -0.2) is 9.37 Å². The first kappa shape index (κ1) is 30.8. The molecule has 0 saturated heterocycles. The number of hydrogen-bond acceptors (Lipinski definition) is 5. The van der Waals surface area contributed by atoms with E-state index < -0.39 is 0 Å². The number of likely N-dealkylation sites (N-methyl/N-ethyl adjacent to an activating group) is 2. The zero-order valence-corrected chi connectivity index (χ0v) is 28.1. The lowest BCUT2D eigenvalue weighted by atomic mass is 9.83. The van der Waals surface area contributed by atoms with Gasteiger partial charge in [0.25, 0.3) is 0 Å². The molecule has 0 atom stereocenters. The molecule has 6 nitrogen and oxygen atoms in total. The fraction of sp³-hybridized carbons (Fsp3) is 0.385. The first-order chi connectivity index (χ1) is 21.4. The van der Waals surface area contributed by atoms with E-state index in [2.05, 4.69) is 101 Å². The normalized spacial score (nSPS) is 17.3. The lowest BCUT2D eigenvalue weighted by Crippen LogP contribution is -2.49. The number of carbonyl (C=O) groups excluding carboxylic acids is 1. The molecule has 3 heterocycles. The topological polar surface area (TPSA) is 51.0 Å². The third kappa shape index (κ3) is 5.09. The Morgan fingerprint density at radius 1 is 0.867 bits per heavy atom. The minimum Gasteiger partial charge on any atom is -0.460 e. The highest BCUT2D eigenvalue weighted by Gasteiger charge is 2.36. The van der Waals surface area contributed by atoms with E-state index in [9.17, 15) is 4.79 Å². The van der Waals surface area contributed by atoms with Crippen LogP contribution in [0.3, 0.4) is 0 Å². The van der Waals surface area contributed by atoms with Crippen molar-refractivity contribution in [2.75, 3.05) is 38.3 Å². The number of methoxy groups -OCH3 is 1. The van der Waals surface area contributed by atoms with Gasteiger partial charge < -0.3 is 19.1 Å². The summed E-state index contributed by atoms with van der Waals surface area (Å²) < 4.78 is 20.1. The number of ether oxygens (including phenoxy) is 3. The van der Waals surface area contributed by atoms with Crippen LogP contribution in [-0.4, -0.2) is 50.5 Å². The fourth-order valence-corrected chi connectivity index (χ4v) is 7.65. The van der Waals surface area contributed by atoms with Gasteiger partial charge in [0.2, 0.25) is 5.36 Å². The van der Waals surface area contributed by atoms with Crippen molar-refractivity contribution in [2.45, 2.75) is 66.5 Å². The Kier molecular flexibility index (Phi) is 7.77. The number of hydrogen-bond donors (Lipinski definition) is 0. The van der Waals surface area contributed by atoms with Crippen LogP contribution in [-0.2, 0) is 9.47 Å². The monoisotopic (exact) mass is 605 g/mol. The first-order valence-corrected chi connectivity index (χ1v) is 16.0. The van der Waals surface area contributed by atoms with Crippen molar-refractivity contribution in [2.24, 2.45) is 0 Å². The van der Waals surface area contributed by atoms with Crippen LogP contribution in [0.5, 0.6) is 11.5 Å². The maximum absolute atomic E-state index is 13.5. The molecule has 3 aliphatic rings. The van der Waals surface area contributed by atoms with Gasteiger partial charge in [-0.2, -0.15) is 0 Å². The average Bonchev–Trinajstić information content (AvgIpc) is 2.98. The molecule has 234 valence electrons. The summed E-state index contributed by atoms with van der Waals surface area (Å²) in [6.07, 6.45) is 4.69. The van der Waals surface area contributed by atoms with Gasteiger partial charge in [0.05, 0.1) is 23.8 Å². The number of anilines is 1. The molecule has 45 heavy (non-hydrogen) atoms. The van der Waals surface area contributed by atoms with Crippen molar-refractivity contribution >= 4 is 28.4 Å². The zero-order chi connectivity index (χ0) is 32.3.